The lowest BCUT2D eigenvalue weighted by Gasteiger charge is -2.38. The first-order valence-electron chi connectivity index (χ1n) is 6.34. The van der Waals surface area contributed by atoms with Crippen molar-refractivity contribution in [1.82, 2.24) is 9.29 Å². The van der Waals surface area contributed by atoms with Gasteiger partial charge in [-0.25, -0.2) is 22.3 Å². The molecule has 118 valence electrons. The van der Waals surface area contributed by atoms with Gasteiger partial charge in [-0.3, -0.25) is 0 Å². The van der Waals surface area contributed by atoms with Gasteiger partial charge in [0, 0.05) is 13.2 Å². The summed E-state index contributed by atoms with van der Waals surface area (Å²) in [4.78, 5) is 11.1. The third-order valence-electron chi connectivity index (χ3n) is 3.07. The number of sulfonamides is 1. The van der Waals surface area contributed by atoms with Gasteiger partial charge in [-0.1, -0.05) is 0 Å². The number of carbonyl (C=O) groups is 1. The number of halogens is 1. The van der Waals surface area contributed by atoms with Crippen molar-refractivity contribution in [3.8, 4) is 0 Å². The van der Waals surface area contributed by atoms with Gasteiger partial charge in [0.1, 0.15) is 4.90 Å². The molecule has 0 bridgehead atoms. The number of nitrogens with zero attached hydrogens (tertiary/aromatic N) is 1. The Kier molecular flexibility index (Phi) is 4.09. The van der Waals surface area contributed by atoms with Crippen LogP contribution >= 0.6 is 0 Å². The number of hydrogen-bond acceptors (Lipinski definition) is 5. The molecule has 0 atom stereocenters. The summed E-state index contributed by atoms with van der Waals surface area (Å²) >= 11 is 0. The number of ether oxygens (including phenoxy) is 2. The van der Waals surface area contributed by atoms with E-state index in [4.69, 9.17) is 9.47 Å². The topological polar surface area (TPSA) is 86.6 Å². The monoisotopic (exact) mass is 320 g/mol. The Balaban J connectivity index is 2.36. The van der Waals surface area contributed by atoms with Crippen LogP contribution < -0.4 is 4.72 Å². The molecule has 0 spiro atoms. The molecule has 0 aliphatic carbocycles. The largest absolute Gasteiger partial charge is 0.461 e. The summed E-state index contributed by atoms with van der Waals surface area (Å²) < 4.78 is 51.9. The number of esters is 1. The van der Waals surface area contributed by atoms with Crippen LogP contribution in [0.3, 0.4) is 0 Å². The fraction of sp³-hybridized carbons (Fsp3) is 0.583. The third kappa shape index (κ3) is 2.94. The molecule has 0 radical (unpaired) electrons. The first-order valence-corrected chi connectivity index (χ1v) is 7.82. The summed E-state index contributed by atoms with van der Waals surface area (Å²) in [5, 5.41) is 0. The smallest absolute Gasteiger partial charge is 0.358 e. The molecule has 1 fully saturated rings. The minimum atomic E-state index is -4.09. The molecule has 1 aromatic heterocycles. The van der Waals surface area contributed by atoms with Gasteiger partial charge < -0.3 is 14.0 Å². The maximum absolute atomic E-state index is 14.3. The second kappa shape index (κ2) is 5.39. The molecular weight excluding hydrogens is 303 g/mol. The zero-order chi connectivity index (χ0) is 15.8. The summed E-state index contributed by atoms with van der Waals surface area (Å²) in [6.45, 7) is 3.73. The quantitative estimate of drug-likeness (QED) is 0.794. The van der Waals surface area contributed by atoms with E-state index in [9.17, 15) is 17.6 Å². The van der Waals surface area contributed by atoms with Crippen molar-refractivity contribution >= 4 is 16.0 Å². The van der Waals surface area contributed by atoms with Gasteiger partial charge in [0.05, 0.1) is 25.4 Å². The van der Waals surface area contributed by atoms with Crippen LogP contribution in [0.2, 0.25) is 0 Å². The molecule has 2 heterocycles. The Morgan fingerprint density at radius 1 is 1.57 bits per heavy atom. The highest BCUT2D eigenvalue weighted by Crippen LogP contribution is 2.24. The molecule has 0 unspecified atom stereocenters. The highest BCUT2D eigenvalue weighted by Gasteiger charge is 2.40. The van der Waals surface area contributed by atoms with E-state index in [2.05, 4.69) is 4.72 Å². The van der Waals surface area contributed by atoms with Crippen LogP contribution in [-0.2, 0) is 26.5 Å². The van der Waals surface area contributed by atoms with Crippen molar-refractivity contribution in [2.75, 3.05) is 19.8 Å². The fourth-order valence-corrected chi connectivity index (χ4v) is 3.54. The summed E-state index contributed by atoms with van der Waals surface area (Å²) in [5.74, 6) is -2.02. The van der Waals surface area contributed by atoms with Crippen LogP contribution in [0.25, 0.3) is 0 Å². The van der Waals surface area contributed by atoms with Gasteiger partial charge in [-0.05, 0) is 13.8 Å². The minimum Gasteiger partial charge on any atom is -0.461 e. The van der Waals surface area contributed by atoms with Crippen molar-refractivity contribution in [1.29, 1.82) is 0 Å². The second-order valence-electron chi connectivity index (χ2n) is 5.15. The first-order chi connectivity index (χ1) is 9.70. The average Bonchev–Trinajstić information content (AvgIpc) is 2.63. The van der Waals surface area contributed by atoms with Crippen LogP contribution in [-0.4, -0.2) is 44.3 Å². The van der Waals surface area contributed by atoms with Crippen molar-refractivity contribution in [2.24, 2.45) is 7.05 Å². The maximum atomic E-state index is 14.3. The van der Waals surface area contributed by atoms with Crippen molar-refractivity contribution in [3.05, 3.63) is 17.7 Å². The van der Waals surface area contributed by atoms with Gasteiger partial charge in [0.2, 0.25) is 10.0 Å². The fourth-order valence-electron chi connectivity index (χ4n) is 2.04. The van der Waals surface area contributed by atoms with Crippen LogP contribution in [0.5, 0.6) is 0 Å². The Morgan fingerprint density at radius 2 is 2.19 bits per heavy atom. The van der Waals surface area contributed by atoms with Gasteiger partial charge in [-0.2, -0.15) is 0 Å². The van der Waals surface area contributed by atoms with Crippen molar-refractivity contribution in [3.63, 3.8) is 0 Å². The van der Waals surface area contributed by atoms with Crippen LogP contribution in [0.15, 0.2) is 11.1 Å². The molecule has 7 nitrogen and oxygen atoms in total. The normalized spacial score (nSPS) is 17.3. The van der Waals surface area contributed by atoms with E-state index in [1.54, 1.807) is 13.8 Å². The number of hydrogen-bond donors (Lipinski definition) is 1. The van der Waals surface area contributed by atoms with Crippen molar-refractivity contribution < 1.29 is 27.1 Å². The Bertz CT molecular complexity index is 663. The number of nitrogens with one attached hydrogen (secondary N) is 1. The van der Waals surface area contributed by atoms with E-state index in [-0.39, 0.29) is 19.8 Å². The second-order valence-corrected chi connectivity index (χ2v) is 6.80. The van der Waals surface area contributed by atoms with Crippen LogP contribution in [0, 0.1) is 5.82 Å². The molecule has 1 saturated heterocycles. The van der Waals surface area contributed by atoms with Gasteiger partial charge in [-0.15, -0.1) is 0 Å². The molecule has 9 heteroatoms. The maximum Gasteiger partial charge on any atom is 0.358 e. The SMILES string of the molecule is CCOC(=O)c1c(F)c(S(=O)(=O)NC2(C)COC2)cn1C. The van der Waals surface area contributed by atoms with E-state index < -0.39 is 37.9 Å². The summed E-state index contributed by atoms with van der Waals surface area (Å²) in [5.41, 5.74) is -1.18. The van der Waals surface area contributed by atoms with Crippen LogP contribution in [0.1, 0.15) is 24.3 Å². The molecule has 2 rings (SSSR count). The molecule has 1 aliphatic rings. The van der Waals surface area contributed by atoms with E-state index in [1.165, 1.54) is 7.05 Å². The standard InChI is InChI=1S/C12H17FN2O5S/c1-4-20-11(16)10-9(13)8(5-15(10)3)21(17,18)14-12(2)6-19-7-12/h5,14H,4,6-7H2,1-3H3. The third-order valence-corrected chi connectivity index (χ3v) is 4.69. The molecule has 0 aromatic carbocycles. The van der Waals surface area contributed by atoms with E-state index in [0.717, 1.165) is 10.8 Å². The zero-order valence-electron chi connectivity index (χ0n) is 12.0. The number of aryl methyl sites for hydroxylation is 1. The summed E-state index contributed by atoms with van der Waals surface area (Å²) in [7, 11) is -2.72. The zero-order valence-corrected chi connectivity index (χ0v) is 12.8. The number of rotatable bonds is 5. The first kappa shape index (κ1) is 15.9. The molecular formula is C12H17FN2O5S. The van der Waals surface area contributed by atoms with Gasteiger partial charge in [0.25, 0.3) is 0 Å². The molecule has 21 heavy (non-hydrogen) atoms. The predicted octanol–water partition coefficient (Wildman–Crippen LogP) is 0.408. The number of aromatic nitrogens is 1. The molecule has 1 aliphatic heterocycles. The average molecular weight is 320 g/mol. The molecule has 1 N–H and O–H groups in total. The number of carbonyl (C=O) groups excluding carboxylic acids is 1. The highest BCUT2D eigenvalue weighted by atomic mass is 32.2. The molecule has 1 aromatic rings. The van der Waals surface area contributed by atoms with Gasteiger partial charge in [0.15, 0.2) is 11.5 Å². The highest BCUT2D eigenvalue weighted by molar-refractivity contribution is 7.89. The Morgan fingerprint density at radius 3 is 2.67 bits per heavy atom. The van der Waals surface area contributed by atoms with Crippen molar-refractivity contribution in [2.45, 2.75) is 24.3 Å². The van der Waals surface area contributed by atoms with E-state index in [1.807, 2.05) is 0 Å². The lowest BCUT2D eigenvalue weighted by Crippen LogP contribution is -2.59. The lowest BCUT2D eigenvalue weighted by atomic mass is 10.0. The predicted molar refractivity (Wildman–Crippen MR) is 70.9 cm³/mol. The Labute approximate surface area is 122 Å². The Hall–Kier alpha value is -1.45. The lowest BCUT2D eigenvalue weighted by molar-refractivity contribution is -0.0523. The van der Waals surface area contributed by atoms with Gasteiger partial charge >= 0.3 is 5.97 Å². The summed E-state index contributed by atoms with van der Waals surface area (Å²) in [6.07, 6.45) is 1.05. The minimum absolute atomic E-state index is 0.0686. The van der Waals surface area contributed by atoms with E-state index >= 15 is 0 Å². The van der Waals surface area contributed by atoms with Crippen LogP contribution in [0.4, 0.5) is 4.39 Å². The molecule has 0 amide bonds. The summed E-state index contributed by atoms with van der Waals surface area (Å²) in [6, 6.07) is 0. The molecule has 0 saturated carbocycles. The van der Waals surface area contributed by atoms with E-state index in [0.29, 0.717) is 0 Å².